The van der Waals surface area contributed by atoms with Crippen molar-refractivity contribution < 1.29 is 14.4 Å². The standard InChI is InChI=1S/C13H19N3O4/c1-13(2)9(7-10(13)19-3)14-12-8(16(17)18)5-6-11(15-12)20-4/h5-6,9-10H,7H2,1-4H3,(H,14,15). The average Bonchev–Trinajstić information content (AvgIpc) is 2.42. The third-order valence-corrected chi connectivity index (χ3v) is 4.03. The molecule has 1 aliphatic carbocycles. The summed E-state index contributed by atoms with van der Waals surface area (Å²) in [5.74, 6) is 0.584. The van der Waals surface area contributed by atoms with Crippen LogP contribution in [-0.2, 0) is 4.74 Å². The van der Waals surface area contributed by atoms with E-state index in [1.54, 1.807) is 7.11 Å². The van der Waals surface area contributed by atoms with Crippen LogP contribution in [0.25, 0.3) is 0 Å². The molecule has 20 heavy (non-hydrogen) atoms. The van der Waals surface area contributed by atoms with E-state index in [1.165, 1.54) is 19.2 Å². The molecule has 0 amide bonds. The second kappa shape index (κ2) is 5.24. The van der Waals surface area contributed by atoms with E-state index in [0.29, 0.717) is 5.88 Å². The number of ether oxygens (including phenoxy) is 2. The van der Waals surface area contributed by atoms with Crippen molar-refractivity contribution in [3.63, 3.8) is 0 Å². The highest BCUT2D eigenvalue weighted by Crippen LogP contribution is 2.44. The highest BCUT2D eigenvalue weighted by molar-refractivity contribution is 5.58. The fourth-order valence-corrected chi connectivity index (χ4v) is 2.50. The summed E-state index contributed by atoms with van der Waals surface area (Å²) in [5.41, 5.74) is -0.157. The third kappa shape index (κ3) is 2.40. The number of anilines is 1. The third-order valence-electron chi connectivity index (χ3n) is 4.03. The molecule has 0 bridgehead atoms. The van der Waals surface area contributed by atoms with Gasteiger partial charge in [0.15, 0.2) is 0 Å². The molecular formula is C13H19N3O4. The SMILES string of the molecule is COc1ccc([N+](=O)[O-])c(NC2CC(OC)C2(C)C)n1. The molecule has 1 aromatic rings. The van der Waals surface area contributed by atoms with Crippen LogP contribution >= 0.6 is 0 Å². The number of nitrogens with one attached hydrogen (secondary N) is 1. The first-order valence-corrected chi connectivity index (χ1v) is 6.39. The number of nitro groups is 1. The van der Waals surface area contributed by atoms with Gasteiger partial charge in [0.05, 0.1) is 18.1 Å². The molecule has 1 heterocycles. The van der Waals surface area contributed by atoms with E-state index in [9.17, 15) is 10.1 Å². The Morgan fingerprint density at radius 1 is 1.45 bits per heavy atom. The Labute approximate surface area is 117 Å². The topological polar surface area (TPSA) is 86.5 Å². The lowest BCUT2D eigenvalue weighted by Crippen LogP contribution is -2.57. The normalized spacial score (nSPS) is 23.8. The number of hydrogen-bond donors (Lipinski definition) is 1. The van der Waals surface area contributed by atoms with Crippen LogP contribution < -0.4 is 10.1 Å². The van der Waals surface area contributed by atoms with Crippen molar-refractivity contribution in [3.8, 4) is 5.88 Å². The van der Waals surface area contributed by atoms with Gasteiger partial charge in [0.25, 0.3) is 0 Å². The van der Waals surface area contributed by atoms with E-state index < -0.39 is 4.92 Å². The van der Waals surface area contributed by atoms with Crippen molar-refractivity contribution in [1.29, 1.82) is 0 Å². The minimum absolute atomic E-state index is 0.0533. The smallest absolute Gasteiger partial charge is 0.311 e. The van der Waals surface area contributed by atoms with E-state index in [4.69, 9.17) is 9.47 Å². The molecule has 0 aliphatic heterocycles. The summed E-state index contributed by atoms with van der Waals surface area (Å²) in [6.45, 7) is 4.13. The molecule has 1 fully saturated rings. The van der Waals surface area contributed by atoms with Crippen LogP contribution in [0.2, 0.25) is 0 Å². The Hall–Kier alpha value is -1.89. The van der Waals surface area contributed by atoms with Gasteiger partial charge in [0.2, 0.25) is 11.7 Å². The molecule has 0 saturated heterocycles. The Kier molecular flexibility index (Phi) is 3.80. The lowest BCUT2D eigenvalue weighted by molar-refractivity contribution is -0.384. The molecule has 2 atom stereocenters. The van der Waals surface area contributed by atoms with Gasteiger partial charge in [0.1, 0.15) is 0 Å². The van der Waals surface area contributed by atoms with Crippen molar-refractivity contribution in [2.75, 3.05) is 19.5 Å². The van der Waals surface area contributed by atoms with Crippen LogP contribution in [0.3, 0.4) is 0 Å². The van der Waals surface area contributed by atoms with Gasteiger partial charge in [-0.2, -0.15) is 4.98 Å². The summed E-state index contributed by atoms with van der Waals surface area (Å²) in [6, 6.07) is 2.95. The van der Waals surface area contributed by atoms with Crippen molar-refractivity contribution in [1.82, 2.24) is 4.98 Å². The number of hydrogen-bond acceptors (Lipinski definition) is 6. The number of nitrogens with zero attached hydrogens (tertiary/aromatic N) is 2. The van der Waals surface area contributed by atoms with Crippen LogP contribution in [0, 0.1) is 15.5 Å². The number of methoxy groups -OCH3 is 2. The fourth-order valence-electron chi connectivity index (χ4n) is 2.50. The lowest BCUT2D eigenvalue weighted by Gasteiger charge is -2.51. The van der Waals surface area contributed by atoms with Crippen molar-refractivity contribution in [3.05, 3.63) is 22.2 Å². The van der Waals surface area contributed by atoms with Crippen LogP contribution in [0.4, 0.5) is 11.5 Å². The van der Waals surface area contributed by atoms with Gasteiger partial charge in [-0.05, 0) is 6.42 Å². The molecule has 0 aromatic carbocycles. The van der Waals surface area contributed by atoms with E-state index in [2.05, 4.69) is 24.1 Å². The van der Waals surface area contributed by atoms with Gasteiger partial charge in [-0.3, -0.25) is 10.1 Å². The molecule has 1 aromatic heterocycles. The minimum Gasteiger partial charge on any atom is -0.481 e. The summed E-state index contributed by atoms with van der Waals surface area (Å²) >= 11 is 0. The minimum atomic E-state index is -0.450. The van der Waals surface area contributed by atoms with Gasteiger partial charge in [-0.25, -0.2) is 0 Å². The molecule has 7 heteroatoms. The predicted octanol–water partition coefficient (Wildman–Crippen LogP) is 2.22. The maximum atomic E-state index is 11.1. The summed E-state index contributed by atoms with van der Waals surface area (Å²) in [5, 5.41) is 14.2. The zero-order chi connectivity index (χ0) is 14.9. The van der Waals surface area contributed by atoms with E-state index in [0.717, 1.165) is 6.42 Å². The van der Waals surface area contributed by atoms with Crippen LogP contribution in [0.1, 0.15) is 20.3 Å². The molecule has 1 saturated carbocycles. The largest absolute Gasteiger partial charge is 0.481 e. The van der Waals surface area contributed by atoms with E-state index in [-0.39, 0.29) is 29.1 Å². The molecule has 2 rings (SSSR count). The Balaban J connectivity index is 2.23. The van der Waals surface area contributed by atoms with Gasteiger partial charge >= 0.3 is 5.69 Å². The summed E-state index contributed by atoms with van der Waals surface area (Å²) in [6.07, 6.45) is 0.934. The first-order valence-electron chi connectivity index (χ1n) is 6.39. The first-order chi connectivity index (χ1) is 9.40. The van der Waals surface area contributed by atoms with Gasteiger partial charge < -0.3 is 14.8 Å². The van der Waals surface area contributed by atoms with E-state index in [1.807, 2.05) is 0 Å². The molecule has 1 aliphatic rings. The van der Waals surface area contributed by atoms with Gasteiger partial charge in [-0.15, -0.1) is 0 Å². The summed E-state index contributed by atoms with van der Waals surface area (Å²) in [7, 11) is 3.15. The zero-order valence-electron chi connectivity index (χ0n) is 12.0. The predicted molar refractivity (Wildman–Crippen MR) is 74.0 cm³/mol. The lowest BCUT2D eigenvalue weighted by atomic mass is 9.64. The summed E-state index contributed by atoms with van der Waals surface area (Å²) < 4.78 is 10.4. The van der Waals surface area contributed by atoms with Crippen molar-refractivity contribution >= 4 is 11.5 Å². The quantitative estimate of drug-likeness (QED) is 0.658. The maximum absolute atomic E-state index is 11.1. The molecule has 7 nitrogen and oxygen atoms in total. The average molecular weight is 281 g/mol. The van der Waals surface area contributed by atoms with Crippen molar-refractivity contribution in [2.45, 2.75) is 32.4 Å². The molecule has 0 radical (unpaired) electrons. The Bertz CT molecular complexity index is 518. The monoisotopic (exact) mass is 281 g/mol. The van der Waals surface area contributed by atoms with Crippen LogP contribution in [-0.4, -0.2) is 36.3 Å². The van der Waals surface area contributed by atoms with Crippen LogP contribution in [0.5, 0.6) is 5.88 Å². The maximum Gasteiger partial charge on any atom is 0.311 e. The van der Waals surface area contributed by atoms with Crippen molar-refractivity contribution in [2.24, 2.45) is 5.41 Å². The number of aromatic nitrogens is 1. The second-order valence-electron chi connectivity index (χ2n) is 5.46. The van der Waals surface area contributed by atoms with Gasteiger partial charge in [-0.1, -0.05) is 13.8 Å². The molecule has 0 spiro atoms. The fraction of sp³-hybridized carbons (Fsp3) is 0.615. The van der Waals surface area contributed by atoms with Gasteiger partial charge in [0, 0.05) is 30.7 Å². The number of rotatable bonds is 5. The molecule has 2 unspecified atom stereocenters. The first kappa shape index (κ1) is 14.5. The molecule has 1 N–H and O–H groups in total. The van der Waals surface area contributed by atoms with Crippen LogP contribution in [0.15, 0.2) is 12.1 Å². The van der Waals surface area contributed by atoms with E-state index >= 15 is 0 Å². The number of pyridine rings is 1. The molecular weight excluding hydrogens is 262 g/mol. The Morgan fingerprint density at radius 2 is 2.15 bits per heavy atom. The summed E-state index contributed by atoms with van der Waals surface area (Å²) in [4.78, 5) is 14.7. The highest BCUT2D eigenvalue weighted by atomic mass is 16.6. The highest BCUT2D eigenvalue weighted by Gasteiger charge is 2.49. The zero-order valence-corrected chi connectivity index (χ0v) is 12.0. The molecule has 110 valence electrons. The Morgan fingerprint density at radius 3 is 2.65 bits per heavy atom. The second-order valence-corrected chi connectivity index (χ2v) is 5.46.